The van der Waals surface area contributed by atoms with Gasteiger partial charge in [-0.15, -0.1) is 0 Å². The van der Waals surface area contributed by atoms with Crippen LogP contribution in [0.1, 0.15) is 12.1 Å². The van der Waals surface area contributed by atoms with Crippen molar-refractivity contribution in [3.8, 4) is 5.75 Å². The quantitative estimate of drug-likeness (QED) is 0.726. The van der Waals surface area contributed by atoms with E-state index in [-0.39, 0.29) is 11.4 Å². The molecule has 1 heterocycles. The normalized spacial score (nSPS) is 10.5. The summed E-state index contributed by atoms with van der Waals surface area (Å²) in [6.45, 7) is 0. The Kier molecular flexibility index (Phi) is 2.60. The lowest BCUT2D eigenvalue weighted by Gasteiger charge is -2.06. The Morgan fingerprint density at radius 1 is 1.54 bits per heavy atom. The van der Waals surface area contributed by atoms with E-state index in [1.165, 1.54) is 7.11 Å². The number of nitrogen functional groups attached to an aromatic ring is 1. The molecule has 6 heteroatoms. The van der Waals surface area contributed by atoms with Crippen molar-refractivity contribution in [2.75, 3.05) is 12.8 Å². The molecule has 0 amide bonds. The Morgan fingerprint density at radius 2 is 2.15 bits per heavy atom. The van der Waals surface area contributed by atoms with Gasteiger partial charge in [0, 0.05) is 0 Å². The highest BCUT2D eigenvalue weighted by atomic mass is 19.3. The monoisotopic (exact) mass is 192 g/mol. The lowest BCUT2D eigenvalue weighted by atomic mass is 10.3. The second kappa shape index (κ2) is 3.51. The molecule has 0 saturated heterocycles. The minimum atomic E-state index is -2.84. The van der Waals surface area contributed by atoms with Crippen LogP contribution in [0.4, 0.5) is 18.9 Å². The van der Waals surface area contributed by atoms with Gasteiger partial charge in [-0.1, -0.05) is 0 Å². The highest BCUT2D eigenvalue weighted by molar-refractivity contribution is 5.52. The third-order valence-electron chi connectivity index (χ3n) is 1.41. The Bertz CT molecular complexity index is 294. The van der Waals surface area contributed by atoms with Gasteiger partial charge in [0.05, 0.1) is 12.8 Å². The number of alkyl halides is 2. The minimum absolute atomic E-state index is 0.190. The summed E-state index contributed by atoms with van der Waals surface area (Å²) >= 11 is 0. The molecule has 0 unspecified atom stereocenters. The van der Waals surface area contributed by atoms with Gasteiger partial charge in [-0.2, -0.15) is 4.39 Å². The van der Waals surface area contributed by atoms with E-state index in [0.29, 0.717) is 0 Å². The van der Waals surface area contributed by atoms with Crippen LogP contribution in [-0.2, 0) is 0 Å². The molecule has 72 valence electrons. The number of anilines is 1. The summed E-state index contributed by atoms with van der Waals surface area (Å²) in [5, 5.41) is 0. The fourth-order valence-electron chi connectivity index (χ4n) is 0.854. The Balaban J connectivity index is 3.20. The van der Waals surface area contributed by atoms with Gasteiger partial charge < -0.3 is 10.5 Å². The molecule has 0 aromatic carbocycles. The largest absolute Gasteiger partial charge is 0.490 e. The van der Waals surface area contributed by atoms with Crippen LogP contribution in [0.2, 0.25) is 0 Å². The number of methoxy groups -OCH3 is 1. The van der Waals surface area contributed by atoms with Crippen LogP contribution < -0.4 is 10.5 Å². The lowest BCUT2D eigenvalue weighted by molar-refractivity contribution is 0.144. The Morgan fingerprint density at radius 3 is 2.54 bits per heavy atom. The van der Waals surface area contributed by atoms with Gasteiger partial charge in [0.2, 0.25) is 0 Å². The summed E-state index contributed by atoms with van der Waals surface area (Å²) in [5.74, 6) is -1.44. The van der Waals surface area contributed by atoms with Crippen LogP contribution in [-0.4, -0.2) is 12.1 Å². The standard InChI is InChI=1S/C7H7F3N2O/c1-13-5-3(11)2-4(6(8)9)12-7(5)10/h2,6H,1H3,(H2,11,12). The van der Waals surface area contributed by atoms with E-state index in [1.807, 2.05) is 0 Å². The van der Waals surface area contributed by atoms with E-state index < -0.39 is 18.1 Å². The first kappa shape index (κ1) is 9.63. The summed E-state index contributed by atoms with van der Waals surface area (Å²) in [5.41, 5.74) is 4.34. The predicted octanol–water partition coefficient (Wildman–Crippen LogP) is 1.75. The fourth-order valence-corrected chi connectivity index (χ4v) is 0.854. The highest BCUT2D eigenvalue weighted by Gasteiger charge is 2.16. The number of aromatic nitrogens is 1. The smallest absolute Gasteiger partial charge is 0.280 e. The van der Waals surface area contributed by atoms with Crippen molar-refractivity contribution in [2.45, 2.75) is 6.43 Å². The third kappa shape index (κ3) is 1.82. The minimum Gasteiger partial charge on any atom is -0.490 e. The molecule has 0 bridgehead atoms. The van der Waals surface area contributed by atoms with Gasteiger partial charge in [0.15, 0.2) is 5.75 Å². The van der Waals surface area contributed by atoms with E-state index in [4.69, 9.17) is 5.73 Å². The van der Waals surface area contributed by atoms with E-state index in [2.05, 4.69) is 9.72 Å². The van der Waals surface area contributed by atoms with Crippen LogP contribution in [0.3, 0.4) is 0 Å². The van der Waals surface area contributed by atoms with Crippen molar-refractivity contribution >= 4 is 5.69 Å². The van der Waals surface area contributed by atoms with Crippen molar-refractivity contribution in [3.63, 3.8) is 0 Å². The van der Waals surface area contributed by atoms with Crippen molar-refractivity contribution in [1.29, 1.82) is 0 Å². The Labute approximate surface area is 72.3 Å². The molecule has 1 aromatic heterocycles. The number of nitrogens with zero attached hydrogens (tertiary/aromatic N) is 1. The SMILES string of the molecule is COc1c(N)cc(C(F)F)nc1F. The first-order valence-electron chi connectivity index (χ1n) is 3.34. The molecule has 0 aliphatic heterocycles. The number of halogens is 3. The summed E-state index contributed by atoms with van der Waals surface area (Å²) in [6.07, 6.45) is -2.84. The van der Waals surface area contributed by atoms with Gasteiger partial charge in [-0.25, -0.2) is 13.8 Å². The van der Waals surface area contributed by atoms with E-state index in [1.54, 1.807) is 0 Å². The van der Waals surface area contributed by atoms with Crippen LogP contribution in [0.5, 0.6) is 5.75 Å². The zero-order chi connectivity index (χ0) is 10.0. The molecular weight excluding hydrogens is 185 g/mol. The molecule has 0 fully saturated rings. The number of ether oxygens (including phenoxy) is 1. The maximum absolute atomic E-state index is 12.8. The number of rotatable bonds is 2. The van der Waals surface area contributed by atoms with Crippen LogP contribution in [0, 0.1) is 5.95 Å². The summed E-state index contributed by atoms with van der Waals surface area (Å²) < 4.78 is 41.4. The van der Waals surface area contributed by atoms with Crippen molar-refractivity contribution in [1.82, 2.24) is 4.98 Å². The molecule has 1 aromatic rings. The second-order valence-corrected chi connectivity index (χ2v) is 2.26. The number of hydrogen-bond donors (Lipinski definition) is 1. The predicted molar refractivity (Wildman–Crippen MR) is 40.1 cm³/mol. The van der Waals surface area contributed by atoms with Crippen molar-refractivity contribution in [2.24, 2.45) is 0 Å². The highest BCUT2D eigenvalue weighted by Crippen LogP contribution is 2.27. The molecule has 2 N–H and O–H groups in total. The van der Waals surface area contributed by atoms with Crippen molar-refractivity contribution in [3.05, 3.63) is 17.7 Å². The molecule has 0 radical (unpaired) electrons. The zero-order valence-electron chi connectivity index (χ0n) is 6.72. The Hall–Kier alpha value is -1.46. The third-order valence-corrected chi connectivity index (χ3v) is 1.41. The van der Waals surface area contributed by atoms with E-state index >= 15 is 0 Å². The van der Waals surface area contributed by atoms with Gasteiger partial charge in [-0.3, -0.25) is 0 Å². The van der Waals surface area contributed by atoms with Crippen LogP contribution in [0.15, 0.2) is 6.07 Å². The topological polar surface area (TPSA) is 48.1 Å². The molecule has 0 saturated carbocycles. The maximum atomic E-state index is 12.8. The van der Waals surface area contributed by atoms with Gasteiger partial charge >= 0.3 is 0 Å². The van der Waals surface area contributed by atoms with Gasteiger partial charge in [0.25, 0.3) is 12.4 Å². The van der Waals surface area contributed by atoms with E-state index in [0.717, 1.165) is 6.07 Å². The molecule has 1 rings (SSSR count). The summed E-state index contributed by atoms with van der Waals surface area (Å²) in [6, 6.07) is 0.882. The number of pyridine rings is 1. The first-order valence-corrected chi connectivity index (χ1v) is 3.34. The zero-order valence-corrected chi connectivity index (χ0v) is 6.72. The number of hydrogen-bond acceptors (Lipinski definition) is 3. The average Bonchev–Trinajstić information content (AvgIpc) is 2.03. The first-order chi connectivity index (χ1) is 6.06. The second-order valence-electron chi connectivity index (χ2n) is 2.26. The number of nitrogens with two attached hydrogens (primary N) is 1. The van der Waals surface area contributed by atoms with Crippen molar-refractivity contribution < 1.29 is 17.9 Å². The molecule has 13 heavy (non-hydrogen) atoms. The molecule has 0 spiro atoms. The molecule has 0 aliphatic rings. The lowest BCUT2D eigenvalue weighted by Crippen LogP contribution is -2.02. The van der Waals surface area contributed by atoms with Gasteiger partial charge in [-0.05, 0) is 6.07 Å². The summed E-state index contributed by atoms with van der Waals surface area (Å²) in [4.78, 5) is 2.98. The molecule has 0 aliphatic carbocycles. The summed E-state index contributed by atoms with van der Waals surface area (Å²) in [7, 11) is 1.18. The molecule has 0 atom stereocenters. The van der Waals surface area contributed by atoms with Crippen LogP contribution >= 0.6 is 0 Å². The fraction of sp³-hybridized carbons (Fsp3) is 0.286. The average molecular weight is 192 g/mol. The van der Waals surface area contributed by atoms with Gasteiger partial charge in [0.1, 0.15) is 5.69 Å². The van der Waals surface area contributed by atoms with E-state index in [9.17, 15) is 13.2 Å². The molecular formula is C7H7F3N2O. The van der Waals surface area contributed by atoms with Crippen LogP contribution in [0.25, 0.3) is 0 Å². The molecule has 3 nitrogen and oxygen atoms in total. The maximum Gasteiger partial charge on any atom is 0.280 e.